The van der Waals surface area contributed by atoms with Crippen molar-refractivity contribution >= 4 is 38.5 Å². The molecule has 0 bridgehead atoms. The molecular weight excluding hydrogens is 381 g/mol. The van der Waals surface area contributed by atoms with Crippen molar-refractivity contribution in [1.82, 2.24) is 5.32 Å². The van der Waals surface area contributed by atoms with Crippen LogP contribution >= 0.6 is 38.5 Å². The summed E-state index contributed by atoms with van der Waals surface area (Å²) >= 11 is 5.88. The Bertz CT molecular complexity index is 333. The number of rotatable bonds is 6. The standard InChI is InChI=1S/C12H17BrINO/c1-3-6-15-12(8-16-2)10-7-9(13)4-5-11(10)14/h4-5,7,12,15H,3,6,8H2,1-2H3. The smallest absolute Gasteiger partial charge is 0.0658 e. The second-order valence-electron chi connectivity index (χ2n) is 3.63. The van der Waals surface area contributed by atoms with Crippen LogP contribution in [0.4, 0.5) is 0 Å². The normalized spacial score (nSPS) is 12.8. The molecule has 2 nitrogen and oxygen atoms in total. The molecule has 0 aromatic heterocycles. The Morgan fingerprint density at radius 1 is 1.50 bits per heavy atom. The number of halogens is 2. The molecule has 0 radical (unpaired) electrons. The molecule has 16 heavy (non-hydrogen) atoms. The van der Waals surface area contributed by atoms with Crippen LogP contribution in [0.3, 0.4) is 0 Å². The van der Waals surface area contributed by atoms with E-state index in [1.165, 1.54) is 9.13 Å². The molecule has 0 amide bonds. The molecule has 0 fully saturated rings. The average Bonchev–Trinajstić information content (AvgIpc) is 2.28. The summed E-state index contributed by atoms with van der Waals surface area (Å²) in [6, 6.07) is 6.62. The van der Waals surface area contributed by atoms with Crippen molar-refractivity contribution in [2.45, 2.75) is 19.4 Å². The van der Waals surface area contributed by atoms with Gasteiger partial charge in [-0.15, -0.1) is 0 Å². The summed E-state index contributed by atoms with van der Waals surface area (Å²) in [6.07, 6.45) is 1.13. The number of methoxy groups -OCH3 is 1. The van der Waals surface area contributed by atoms with Gasteiger partial charge in [-0.3, -0.25) is 0 Å². The van der Waals surface area contributed by atoms with Gasteiger partial charge in [0.15, 0.2) is 0 Å². The van der Waals surface area contributed by atoms with Gasteiger partial charge in [0.05, 0.1) is 12.6 Å². The molecule has 0 aliphatic heterocycles. The first-order valence-electron chi connectivity index (χ1n) is 5.36. The van der Waals surface area contributed by atoms with Crippen LogP contribution in [0.5, 0.6) is 0 Å². The zero-order chi connectivity index (χ0) is 12.0. The Morgan fingerprint density at radius 3 is 2.88 bits per heavy atom. The summed E-state index contributed by atoms with van der Waals surface area (Å²) < 4.78 is 7.65. The van der Waals surface area contributed by atoms with E-state index in [2.05, 4.69) is 69.0 Å². The van der Waals surface area contributed by atoms with Crippen molar-refractivity contribution in [3.63, 3.8) is 0 Å². The lowest BCUT2D eigenvalue weighted by Crippen LogP contribution is -2.26. The van der Waals surface area contributed by atoms with Gasteiger partial charge >= 0.3 is 0 Å². The molecule has 1 rings (SSSR count). The number of benzene rings is 1. The number of hydrogen-bond acceptors (Lipinski definition) is 2. The number of hydrogen-bond donors (Lipinski definition) is 1. The topological polar surface area (TPSA) is 21.3 Å². The van der Waals surface area contributed by atoms with Crippen molar-refractivity contribution < 1.29 is 4.74 Å². The fourth-order valence-corrected chi connectivity index (χ4v) is 2.62. The lowest BCUT2D eigenvalue weighted by atomic mass is 10.1. The molecular formula is C12H17BrINO. The van der Waals surface area contributed by atoms with E-state index in [0.29, 0.717) is 6.61 Å². The van der Waals surface area contributed by atoms with Crippen molar-refractivity contribution in [3.8, 4) is 0 Å². The molecule has 0 aliphatic rings. The lowest BCUT2D eigenvalue weighted by molar-refractivity contribution is 0.166. The van der Waals surface area contributed by atoms with E-state index in [1.807, 2.05) is 0 Å². The second-order valence-corrected chi connectivity index (χ2v) is 5.71. The highest BCUT2D eigenvalue weighted by Gasteiger charge is 2.13. The molecule has 90 valence electrons. The van der Waals surface area contributed by atoms with Gasteiger partial charge in [0.25, 0.3) is 0 Å². The van der Waals surface area contributed by atoms with Crippen LogP contribution in [0.1, 0.15) is 24.9 Å². The summed E-state index contributed by atoms with van der Waals surface area (Å²) in [6.45, 7) is 3.88. The Hall–Kier alpha value is 0.350. The molecule has 1 N–H and O–H groups in total. The summed E-state index contributed by atoms with van der Waals surface area (Å²) in [5, 5.41) is 3.50. The van der Waals surface area contributed by atoms with Crippen LogP contribution in [0.25, 0.3) is 0 Å². The molecule has 1 unspecified atom stereocenters. The maximum atomic E-state index is 5.27. The van der Waals surface area contributed by atoms with E-state index in [-0.39, 0.29) is 6.04 Å². The Morgan fingerprint density at radius 2 is 2.25 bits per heavy atom. The maximum Gasteiger partial charge on any atom is 0.0658 e. The summed E-state index contributed by atoms with van der Waals surface area (Å²) in [5.74, 6) is 0. The van der Waals surface area contributed by atoms with E-state index in [9.17, 15) is 0 Å². The van der Waals surface area contributed by atoms with Gasteiger partial charge in [0.2, 0.25) is 0 Å². The fraction of sp³-hybridized carbons (Fsp3) is 0.500. The SMILES string of the molecule is CCCNC(COC)c1cc(Br)ccc1I. The molecule has 0 saturated heterocycles. The second kappa shape index (κ2) is 7.63. The zero-order valence-corrected chi connectivity index (χ0v) is 13.3. The minimum absolute atomic E-state index is 0.273. The maximum absolute atomic E-state index is 5.27. The molecule has 0 spiro atoms. The van der Waals surface area contributed by atoms with Gasteiger partial charge in [-0.05, 0) is 59.3 Å². The summed E-state index contributed by atoms with van der Waals surface area (Å²) in [4.78, 5) is 0. The average molecular weight is 398 g/mol. The fourth-order valence-electron chi connectivity index (χ4n) is 1.53. The van der Waals surface area contributed by atoms with Gasteiger partial charge in [0.1, 0.15) is 0 Å². The predicted molar refractivity (Wildman–Crippen MR) is 79.8 cm³/mol. The van der Waals surface area contributed by atoms with Gasteiger partial charge in [-0.2, -0.15) is 0 Å². The van der Waals surface area contributed by atoms with Gasteiger partial charge in [0, 0.05) is 15.2 Å². The van der Waals surface area contributed by atoms with Crippen LogP contribution in [0, 0.1) is 3.57 Å². The van der Waals surface area contributed by atoms with E-state index in [0.717, 1.165) is 17.4 Å². The van der Waals surface area contributed by atoms with E-state index >= 15 is 0 Å². The van der Waals surface area contributed by atoms with Crippen LogP contribution in [-0.4, -0.2) is 20.3 Å². The third kappa shape index (κ3) is 4.31. The molecule has 0 saturated carbocycles. The van der Waals surface area contributed by atoms with Gasteiger partial charge in [-0.1, -0.05) is 22.9 Å². The first-order chi connectivity index (χ1) is 7.69. The first kappa shape index (κ1) is 14.4. The third-order valence-electron chi connectivity index (χ3n) is 2.31. The highest BCUT2D eigenvalue weighted by Crippen LogP contribution is 2.24. The summed E-state index contributed by atoms with van der Waals surface area (Å²) in [5.41, 5.74) is 1.30. The Kier molecular flexibility index (Phi) is 6.87. The first-order valence-corrected chi connectivity index (χ1v) is 7.23. The van der Waals surface area contributed by atoms with E-state index in [4.69, 9.17) is 4.74 Å². The van der Waals surface area contributed by atoms with E-state index in [1.54, 1.807) is 7.11 Å². The predicted octanol–water partition coefficient (Wildman–Crippen LogP) is 3.74. The van der Waals surface area contributed by atoms with Crippen molar-refractivity contribution in [3.05, 3.63) is 31.8 Å². The number of ether oxygens (including phenoxy) is 1. The zero-order valence-electron chi connectivity index (χ0n) is 9.59. The third-order valence-corrected chi connectivity index (χ3v) is 3.78. The highest BCUT2D eigenvalue weighted by molar-refractivity contribution is 14.1. The van der Waals surface area contributed by atoms with Crippen molar-refractivity contribution in [2.75, 3.05) is 20.3 Å². The minimum Gasteiger partial charge on any atom is -0.383 e. The largest absolute Gasteiger partial charge is 0.383 e. The molecule has 4 heteroatoms. The van der Waals surface area contributed by atoms with Crippen LogP contribution in [0.2, 0.25) is 0 Å². The summed E-state index contributed by atoms with van der Waals surface area (Å²) in [7, 11) is 1.74. The molecule has 1 aromatic carbocycles. The molecule has 0 aliphatic carbocycles. The van der Waals surface area contributed by atoms with Crippen LogP contribution < -0.4 is 5.32 Å². The Balaban J connectivity index is 2.85. The van der Waals surface area contributed by atoms with Crippen molar-refractivity contribution in [1.29, 1.82) is 0 Å². The monoisotopic (exact) mass is 397 g/mol. The minimum atomic E-state index is 0.273. The van der Waals surface area contributed by atoms with Crippen molar-refractivity contribution in [2.24, 2.45) is 0 Å². The van der Waals surface area contributed by atoms with Gasteiger partial charge in [-0.25, -0.2) is 0 Å². The van der Waals surface area contributed by atoms with Crippen LogP contribution in [-0.2, 0) is 4.74 Å². The quantitative estimate of drug-likeness (QED) is 0.738. The van der Waals surface area contributed by atoms with E-state index < -0.39 is 0 Å². The van der Waals surface area contributed by atoms with Gasteiger partial charge < -0.3 is 10.1 Å². The molecule has 1 aromatic rings. The highest BCUT2D eigenvalue weighted by atomic mass is 127. The lowest BCUT2D eigenvalue weighted by Gasteiger charge is -2.19. The van der Waals surface area contributed by atoms with Crippen LogP contribution in [0.15, 0.2) is 22.7 Å². The molecule has 0 heterocycles. The molecule has 1 atom stereocenters. The Labute approximate surface area is 119 Å². The number of nitrogens with one attached hydrogen (secondary N) is 1.